The number of aromatic nitrogens is 3. The second-order valence-corrected chi connectivity index (χ2v) is 7.75. The lowest BCUT2D eigenvalue weighted by Crippen LogP contribution is -2.47. The quantitative estimate of drug-likeness (QED) is 0.910. The number of nitrogens with zero attached hydrogens (tertiary/aromatic N) is 4. The van der Waals surface area contributed by atoms with Gasteiger partial charge in [-0.15, -0.1) is 0 Å². The van der Waals surface area contributed by atoms with E-state index in [1.54, 1.807) is 12.4 Å². The number of amides is 2. The van der Waals surface area contributed by atoms with Crippen molar-refractivity contribution in [1.82, 2.24) is 24.8 Å². The molecule has 7 heteroatoms. The van der Waals surface area contributed by atoms with E-state index in [0.29, 0.717) is 6.54 Å². The van der Waals surface area contributed by atoms with E-state index in [1.165, 1.54) is 0 Å². The smallest absolute Gasteiger partial charge is 0.245 e. The first-order valence-electron chi connectivity index (χ1n) is 9.59. The molecular weight excluding hydrogens is 330 g/mol. The molecule has 0 bridgehead atoms. The van der Waals surface area contributed by atoms with Crippen LogP contribution in [0.5, 0.6) is 0 Å². The topological polar surface area (TPSA) is 82.2 Å². The van der Waals surface area contributed by atoms with Crippen LogP contribution in [0.1, 0.15) is 43.8 Å². The molecule has 1 saturated carbocycles. The zero-order valence-electron chi connectivity index (χ0n) is 14.7. The summed E-state index contributed by atoms with van der Waals surface area (Å²) in [5, 5.41) is 0. The third kappa shape index (κ3) is 2.66. The van der Waals surface area contributed by atoms with Crippen LogP contribution in [0.15, 0.2) is 18.5 Å². The number of carbonyl (C=O) groups excluding carboxylic acids is 2. The van der Waals surface area contributed by atoms with Crippen LogP contribution in [0, 0.1) is 5.92 Å². The summed E-state index contributed by atoms with van der Waals surface area (Å²) in [4.78, 5) is 41.4. The fourth-order valence-electron chi connectivity index (χ4n) is 4.32. The highest BCUT2D eigenvalue weighted by molar-refractivity contribution is 5.90. The number of imidazole rings is 1. The molecule has 4 heterocycles. The predicted molar refractivity (Wildman–Crippen MR) is 95.3 cm³/mol. The molecule has 2 aromatic rings. The first kappa shape index (κ1) is 15.8. The van der Waals surface area contributed by atoms with Crippen molar-refractivity contribution < 1.29 is 9.59 Å². The van der Waals surface area contributed by atoms with Crippen LogP contribution in [-0.4, -0.2) is 62.2 Å². The lowest BCUT2D eigenvalue weighted by Gasteiger charge is -2.28. The number of carbonyl (C=O) groups is 2. The Labute approximate surface area is 151 Å². The van der Waals surface area contributed by atoms with Gasteiger partial charge in [0.1, 0.15) is 11.9 Å². The van der Waals surface area contributed by atoms with E-state index in [9.17, 15) is 9.59 Å². The van der Waals surface area contributed by atoms with Crippen LogP contribution in [0.2, 0.25) is 0 Å². The van der Waals surface area contributed by atoms with Crippen molar-refractivity contribution in [3.63, 3.8) is 0 Å². The van der Waals surface area contributed by atoms with Gasteiger partial charge in [0.25, 0.3) is 0 Å². The molecule has 1 N–H and O–H groups in total. The van der Waals surface area contributed by atoms with E-state index in [1.807, 2.05) is 15.9 Å². The van der Waals surface area contributed by atoms with Crippen molar-refractivity contribution in [2.45, 2.75) is 44.1 Å². The maximum atomic E-state index is 13.0. The largest absolute Gasteiger partial charge is 0.340 e. The average molecular weight is 353 g/mol. The summed E-state index contributed by atoms with van der Waals surface area (Å²) in [5.74, 6) is 1.65. The Morgan fingerprint density at radius 3 is 2.81 bits per heavy atom. The van der Waals surface area contributed by atoms with Crippen LogP contribution in [0.4, 0.5) is 0 Å². The Morgan fingerprint density at radius 2 is 2.00 bits per heavy atom. The maximum absolute atomic E-state index is 13.0. The number of fused-ring (bicyclic) bond motifs is 1. The van der Waals surface area contributed by atoms with Crippen molar-refractivity contribution in [3.8, 4) is 0 Å². The van der Waals surface area contributed by atoms with E-state index in [4.69, 9.17) is 0 Å². The molecule has 0 spiro atoms. The molecule has 1 aliphatic carbocycles. The highest BCUT2D eigenvalue weighted by atomic mass is 16.2. The number of nitrogens with one attached hydrogen (secondary N) is 1. The third-order valence-corrected chi connectivity index (χ3v) is 5.94. The summed E-state index contributed by atoms with van der Waals surface area (Å²) < 4.78 is 0. The monoisotopic (exact) mass is 353 g/mol. The number of aromatic amines is 1. The molecule has 2 atom stereocenters. The van der Waals surface area contributed by atoms with Crippen LogP contribution in [0.25, 0.3) is 11.0 Å². The first-order chi connectivity index (χ1) is 12.7. The highest BCUT2D eigenvalue weighted by Crippen LogP contribution is 2.35. The molecule has 136 valence electrons. The zero-order valence-corrected chi connectivity index (χ0v) is 14.7. The van der Waals surface area contributed by atoms with E-state index in [0.717, 1.165) is 62.1 Å². The van der Waals surface area contributed by atoms with Crippen molar-refractivity contribution >= 4 is 22.8 Å². The fraction of sp³-hybridized carbons (Fsp3) is 0.579. The molecule has 0 aromatic carbocycles. The van der Waals surface area contributed by atoms with Gasteiger partial charge in [0.15, 0.2) is 0 Å². The minimum Gasteiger partial charge on any atom is -0.340 e. The third-order valence-electron chi connectivity index (χ3n) is 5.94. The molecule has 2 amide bonds. The lowest BCUT2D eigenvalue weighted by molar-refractivity contribution is -0.143. The van der Waals surface area contributed by atoms with Crippen molar-refractivity contribution in [2.24, 2.45) is 5.92 Å². The van der Waals surface area contributed by atoms with Crippen LogP contribution >= 0.6 is 0 Å². The Balaban J connectivity index is 1.29. The van der Waals surface area contributed by atoms with Crippen LogP contribution in [-0.2, 0) is 9.59 Å². The molecule has 26 heavy (non-hydrogen) atoms. The summed E-state index contributed by atoms with van der Waals surface area (Å²) in [5.41, 5.74) is 1.85. The molecule has 7 nitrogen and oxygen atoms in total. The molecule has 3 aliphatic rings. The second-order valence-electron chi connectivity index (χ2n) is 7.75. The van der Waals surface area contributed by atoms with Crippen LogP contribution in [0.3, 0.4) is 0 Å². The Hall–Kier alpha value is -2.44. The van der Waals surface area contributed by atoms with Crippen molar-refractivity contribution in [3.05, 3.63) is 24.3 Å². The van der Waals surface area contributed by atoms with Gasteiger partial charge in [-0.05, 0) is 38.2 Å². The fourth-order valence-corrected chi connectivity index (χ4v) is 4.32. The van der Waals surface area contributed by atoms with Gasteiger partial charge in [-0.25, -0.2) is 4.98 Å². The van der Waals surface area contributed by atoms with Crippen molar-refractivity contribution in [2.75, 3.05) is 19.6 Å². The number of pyridine rings is 1. The Bertz CT molecular complexity index is 825. The van der Waals surface area contributed by atoms with Gasteiger partial charge in [0.05, 0.1) is 17.2 Å². The van der Waals surface area contributed by atoms with Gasteiger partial charge >= 0.3 is 0 Å². The number of rotatable bonds is 3. The first-order valence-corrected chi connectivity index (χ1v) is 9.59. The molecule has 0 radical (unpaired) electrons. The predicted octanol–water partition coefficient (Wildman–Crippen LogP) is 1.67. The summed E-state index contributed by atoms with van der Waals surface area (Å²) in [7, 11) is 0. The van der Waals surface area contributed by atoms with Crippen molar-refractivity contribution in [1.29, 1.82) is 0 Å². The van der Waals surface area contributed by atoms with Crippen LogP contribution < -0.4 is 0 Å². The Morgan fingerprint density at radius 1 is 1.12 bits per heavy atom. The van der Waals surface area contributed by atoms with Gasteiger partial charge in [-0.3, -0.25) is 14.6 Å². The summed E-state index contributed by atoms with van der Waals surface area (Å²) in [6, 6.07) is 1.65. The van der Waals surface area contributed by atoms with E-state index < -0.39 is 0 Å². The van der Waals surface area contributed by atoms with Gasteiger partial charge in [0, 0.05) is 37.7 Å². The van der Waals surface area contributed by atoms with Gasteiger partial charge in [-0.2, -0.15) is 0 Å². The molecular formula is C19H23N5O2. The van der Waals surface area contributed by atoms with E-state index >= 15 is 0 Å². The minimum absolute atomic E-state index is 0.122. The molecule has 3 fully saturated rings. The van der Waals surface area contributed by atoms with Gasteiger partial charge in [-0.1, -0.05) is 0 Å². The number of likely N-dealkylation sites (tertiary alicyclic amines) is 2. The molecule has 2 unspecified atom stereocenters. The summed E-state index contributed by atoms with van der Waals surface area (Å²) >= 11 is 0. The molecule has 2 aromatic heterocycles. The maximum Gasteiger partial charge on any atom is 0.245 e. The molecule has 2 saturated heterocycles. The van der Waals surface area contributed by atoms with E-state index in [2.05, 4.69) is 15.0 Å². The number of hydrogen-bond donors (Lipinski definition) is 1. The summed E-state index contributed by atoms with van der Waals surface area (Å²) in [6.45, 7) is 2.15. The van der Waals surface area contributed by atoms with Gasteiger partial charge < -0.3 is 14.8 Å². The second kappa shape index (κ2) is 6.07. The molecule has 5 rings (SSSR count). The normalized spacial score (nSPS) is 26.0. The number of H-pyrrole nitrogens is 1. The molecule has 2 aliphatic heterocycles. The number of hydrogen-bond acceptors (Lipinski definition) is 4. The Kier molecular flexibility index (Phi) is 3.69. The SMILES string of the molecule is O=C(C1CCCN1C(=O)C1CC1)N1CCC(c2nc3ccncc3[nH]2)C1. The zero-order chi connectivity index (χ0) is 17.7. The minimum atomic E-state index is -0.248. The highest BCUT2D eigenvalue weighted by Gasteiger charge is 2.43. The summed E-state index contributed by atoms with van der Waals surface area (Å²) in [6.07, 6.45) is 8.14. The lowest BCUT2D eigenvalue weighted by atomic mass is 10.1. The standard InChI is InChI=1S/C19H23N5O2/c25-18(12-3-4-12)24-8-1-2-16(24)19(26)23-9-6-13(11-23)17-21-14-5-7-20-10-15(14)22-17/h5,7,10,12-13,16H,1-4,6,8-9,11H2,(H,21,22). The average Bonchev–Trinajstić information content (AvgIpc) is 3.08. The van der Waals surface area contributed by atoms with E-state index in [-0.39, 0.29) is 29.7 Å². The van der Waals surface area contributed by atoms with Gasteiger partial charge in [0.2, 0.25) is 11.8 Å².